The van der Waals surface area contributed by atoms with Gasteiger partial charge in [0, 0.05) is 16.8 Å². The fourth-order valence-corrected chi connectivity index (χ4v) is 2.05. The molecule has 1 atom stereocenters. The molecule has 0 aliphatic heterocycles. The molecule has 0 heterocycles. The predicted molar refractivity (Wildman–Crippen MR) is 79.3 cm³/mol. The summed E-state index contributed by atoms with van der Waals surface area (Å²) in [6.07, 6.45) is 1.33. The van der Waals surface area contributed by atoms with E-state index in [1.54, 1.807) is 25.1 Å². The summed E-state index contributed by atoms with van der Waals surface area (Å²) < 4.78 is 0. The lowest BCUT2D eigenvalue weighted by atomic mass is 10.1. The number of carboxylic acids is 1. The standard InChI is InChI=1S/C14H19ClN2O3/c1-3-5-10(8-13(18)19)16-14(20)17-12-7-4-6-11(15)9(12)2/h4,6-7,10H,3,5,8H2,1-2H3,(H,18,19)(H2,16,17,20). The summed E-state index contributed by atoms with van der Waals surface area (Å²) >= 11 is 5.97. The maximum absolute atomic E-state index is 11.9. The van der Waals surface area contributed by atoms with Crippen LogP contribution < -0.4 is 10.6 Å². The van der Waals surface area contributed by atoms with Gasteiger partial charge in [-0.2, -0.15) is 0 Å². The molecule has 0 aliphatic rings. The number of carbonyl (C=O) groups excluding carboxylic acids is 1. The number of carbonyl (C=O) groups is 2. The SMILES string of the molecule is CCCC(CC(=O)O)NC(=O)Nc1cccc(Cl)c1C. The molecule has 5 nitrogen and oxygen atoms in total. The van der Waals surface area contributed by atoms with Crippen LogP contribution in [0.1, 0.15) is 31.7 Å². The number of anilines is 1. The van der Waals surface area contributed by atoms with Crippen LogP contribution in [0, 0.1) is 6.92 Å². The minimum atomic E-state index is -0.928. The highest BCUT2D eigenvalue weighted by molar-refractivity contribution is 6.31. The lowest BCUT2D eigenvalue weighted by Crippen LogP contribution is -2.39. The van der Waals surface area contributed by atoms with Crippen LogP contribution in [-0.2, 0) is 4.79 Å². The Morgan fingerprint density at radius 1 is 1.40 bits per heavy atom. The highest BCUT2D eigenvalue weighted by Gasteiger charge is 2.15. The van der Waals surface area contributed by atoms with Crippen LogP contribution in [0.3, 0.4) is 0 Å². The average molecular weight is 299 g/mol. The Hall–Kier alpha value is -1.75. The number of benzene rings is 1. The number of nitrogens with one attached hydrogen (secondary N) is 2. The molecule has 0 aromatic heterocycles. The van der Waals surface area contributed by atoms with Crippen molar-refractivity contribution in [2.75, 3.05) is 5.32 Å². The van der Waals surface area contributed by atoms with Crippen molar-refractivity contribution in [2.24, 2.45) is 0 Å². The van der Waals surface area contributed by atoms with Crippen molar-refractivity contribution in [1.82, 2.24) is 5.32 Å². The van der Waals surface area contributed by atoms with E-state index in [1.165, 1.54) is 0 Å². The second-order valence-electron chi connectivity index (χ2n) is 4.59. The Balaban J connectivity index is 2.65. The van der Waals surface area contributed by atoms with Gasteiger partial charge in [-0.1, -0.05) is 31.0 Å². The number of halogens is 1. The quantitative estimate of drug-likeness (QED) is 0.753. The van der Waals surface area contributed by atoms with Gasteiger partial charge >= 0.3 is 12.0 Å². The summed E-state index contributed by atoms with van der Waals surface area (Å²) in [7, 11) is 0. The third kappa shape index (κ3) is 5.09. The average Bonchev–Trinajstić information content (AvgIpc) is 2.34. The summed E-state index contributed by atoms with van der Waals surface area (Å²) in [6, 6.07) is 4.43. The molecule has 1 unspecified atom stereocenters. The number of hydrogen-bond donors (Lipinski definition) is 3. The molecule has 1 aromatic rings. The zero-order valence-corrected chi connectivity index (χ0v) is 12.3. The molecule has 1 rings (SSSR count). The van der Waals surface area contributed by atoms with Gasteiger partial charge in [0.1, 0.15) is 0 Å². The maximum Gasteiger partial charge on any atom is 0.319 e. The number of urea groups is 1. The van der Waals surface area contributed by atoms with E-state index in [9.17, 15) is 9.59 Å². The van der Waals surface area contributed by atoms with Crippen molar-refractivity contribution in [3.05, 3.63) is 28.8 Å². The van der Waals surface area contributed by atoms with Crippen LogP contribution in [0.4, 0.5) is 10.5 Å². The first-order valence-corrected chi connectivity index (χ1v) is 6.86. The third-order valence-corrected chi connectivity index (χ3v) is 3.32. The fraction of sp³-hybridized carbons (Fsp3) is 0.429. The molecule has 0 fully saturated rings. The van der Waals surface area contributed by atoms with Crippen molar-refractivity contribution < 1.29 is 14.7 Å². The van der Waals surface area contributed by atoms with E-state index < -0.39 is 12.0 Å². The van der Waals surface area contributed by atoms with Crippen molar-refractivity contribution in [3.63, 3.8) is 0 Å². The van der Waals surface area contributed by atoms with Crippen LogP contribution in [-0.4, -0.2) is 23.1 Å². The van der Waals surface area contributed by atoms with Gasteiger partial charge < -0.3 is 15.7 Å². The number of rotatable bonds is 6. The van der Waals surface area contributed by atoms with Crippen LogP contribution in [0.25, 0.3) is 0 Å². The van der Waals surface area contributed by atoms with E-state index in [4.69, 9.17) is 16.7 Å². The largest absolute Gasteiger partial charge is 0.481 e. The lowest BCUT2D eigenvalue weighted by Gasteiger charge is -2.17. The molecule has 0 saturated heterocycles. The van der Waals surface area contributed by atoms with Crippen LogP contribution >= 0.6 is 11.6 Å². The van der Waals surface area contributed by atoms with Gasteiger partial charge in [-0.05, 0) is 31.0 Å². The molecule has 2 amide bonds. The zero-order valence-electron chi connectivity index (χ0n) is 11.6. The summed E-state index contributed by atoms with van der Waals surface area (Å²) in [5.41, 5.74) is 1.38. The maximum atomic E-state index is 11.9. The summed E-state index contributed by atoms with van der Waals surface area (Å²) in [6.45, 7) is 3.74. The smallest absolute Gasteiger partial charge is 0.319 e. The first-order valence-electron chi connectivity index (χ1n) is 6.48. The Kier molecular flexibility index (Phi) is 6.31. The van der Waals surface area contributed by atoms with Gasteiger partial charge in [0.25, 0.3) is 0 Å². The predicted octanol–water partition coefficient (Wildman–Crippen LogP) is 3.41. The van der Waals surface area contributed by atoms with Crippen LogP contribution in [0.5, 0.6) is 0 Å². The molecule has 3 N–H and O–H groups in total. The third-order valence-electron chi connectivity index (χ3n) is 2.91. The molecule has 0 saturated carbocycles. The molecule has 0 aliphatic carbocycles. The number of aliphatic carboxylic acids is 1. The van der Waals surface area contributed by atoms with E-state index in [0.29, 0.717) is 17.1 Å². The molecular weight excluding hydrogens is 280 g/mol. The second-order valence-corrected chi connectivity index (χ2v) is 5.00. The molecule has 0 spiro atoms. The summed E-state index contributed by atoms with van der Waals surface area (Å²) in [5, 5.41) is 14.7. The molecule has 0 bridgehead atoms. The van der Waals surface area contributed by atoms with Gasteiger partial charge in [0.2, 0.25) is 0 Å². The minimum Gasteiger partial charge on any atom is -0.481 e. The first kappa shape index (κ1) is 16.3. The Morgan fingerprint density at radius 3 is 2.70 bits per heavy atom. The van der Waals surface area contributed by atoms with Crippen molar-refractivity contribution in [2.45, 2.75) is 39.2 Å². The zero-order chi connectivity index (χ0) is 15.1. The number of carboxylic acid groups (broad SMARTS) is 1. The molecule has 0 radical (unpaired) electrons. The molecule has 20 heavy (non-hydrogen) atoms. The van der Waals surface area contributed by atoms with Gasteiger partial charge in [-0.15, -0.1) is 0 Å². The first-order chi connectivity index (χ1) is 9.43. The van der Waals surface area contributed by atoms with Crippen molar-refractivity contribution >= 4 is 29.3 Å². The topological polar surface area (TPSA) is 78.4 Å². The molecule has 6 heteroatoms. The van der Waals surface area contributed by atoms with E-state index in [1.807, 2.05) is 6.92 Å². The van der Waals surface area contributed by atoms with Gasteiger partial charge in [0.15, 0.2) is 0 Å². The molecule has 110 valence electrons. The van der Waals surface area contributed by atoms with E-state index >= 15 is 0 Å². The Bertz CT molecular complexity index is 491. The Morgan fingerprint density at radius 2 is 2.10 bits per heavy atom. The lowest BCUT2D eigenvalue weighted by molar-refractivity contribution is -0.137. The van der Waals surface area contributed by atoms with Gasteiger partial charge in [-0.25, -0.2) is 4.79 Å². The number of amides is 2. The van der Waals surface area contributed by atoms with Gasteiger partial charge in [0.05, 0.1) is 6.42 Å². The number of hydrogen-bond acceptors (Lipinski definition) is 2. The van der Waals surface area contributed by atoms with Crippen molar-refractivity contribution in [1.29, 1.82) is 0 Å². The Labute approximate surface area is 123 Å². The minimum absolute atomic E-state index is 0.0875. The fourth-order valence-electron chi connectivity index (χ4n) is 1.87. The summed E-state index contributed by atoms with van der Waals surface area (Å²) in [5.74, 6) is -0.928. The molecule has 1 aromatic carbocycles. The normalized spacial score (nSPS) is 11.8. The van der Waals surface area contributed by atoms with Gasteiger partial charge in [-0.3, -0.25) is 4.79 Å². The van der Waals surface area contributed by atoms with Crippen LogP contribution in [0.2, 0.25) is 5.02 Å². The van der Waals surface area contributed by atoms with E-state index in [-0.39, 0.29) is 12.5 Å². The highest BCUT2D eigenvalue weighted by Crippen LogP contribution is 2.22. The second kappa shape index (κ2) is 7.75. The summed E-state index contributed by atoms with van der Waals surface area (Å²) in [4.78, 5) is 22.6. The monoisotopic (exact) mass is 298 g/mol. The molecular formula is C14H19ClN2O3. The van der Waals surface area contributed by atoms with Crippen molar-refractivity contribution in [3.8, 4) is 0 Å². The van der Waals surface area contributed by atoms with E-state index in [0.717, 1.165) is 12.0 Å². The van der Waals surface area contributed by atoms with E-state index in [2.05, 4.69) is 10.6 Å². The van der Waals surface area contributed by atoms with Crippen LogP contribution in [0.15, 0.2) is 18.2 Å². The highest BCUT2D eigenvalue weighted by atomic mass is 35.5.